The van der Waals surface area contributed by atoms with E-state index in [0.29, 0.717) is 6.90 Å². The Morgan fingerprint density at radius 2 is 2.50 bits per heavy atom. The minimum atomic E-state index is 0.594. The second-order valence-electron chi connectivity index (χ2n) is 0.854. The van der Waals surface area contributed by atoms with Gasteiger partial charge < -0.3 is 0 Å². The van der Waals surface area contributed by atoms with Crippen LogP contribution in [0.1, 0.15) is 28.0 Å². The molecule has 0 aliphatic heterocycles. The third kappa shape index (κ3) is 2.00. The Morgan fingerprint density at radius 1 is 1.75 bits per heavy atom. The van der Waals surface area contributed by atoms with Gasteiger partial charge in [0.2, 0.25) is 0 Å². The van der Waals surface area contributed by atoms with E-state index in [1.54, 1.807) is 0 Å². The Morgan fingerprint density at radius 3 is 2.50 bits per heavy atom. The normalized spacial score (nSPS) is 10.8. The molecule has 0 aliphatic rings. The van der Waals surface area contributed by atoms with E-state index in [1.807, 2.05) is 0 Å². The van der Waals surface area contributed by atoms with Crippen molar-refractivity contribution in [1.82, 2.24) is 0 Å². The van der Waals surface area contributed by atoms with Crippen molar-refractivity contribution in [2.45, 2.75) is 26.7 Å². The van der Waals surface area contributed by atoms with Crippen LogP contribution in [0.3, 0.4) is 0 Å². The number of unbranched alkanes of at least 4 members (excludes halogenated alkanes) is 1. The van der Waals surface area contributed by atoms with Crippen molar-refractivity contribution in [2.75, 3.05) is 0 Å². The van der Waals surface area contributed by atoms with Crippen molar-refractivity contribution in [3.05, 3.63) is 0 Å². The minimum absolute atomic E-state index is 0.594. The molecule has 0 aromatic carbocycles. The van der Waals surface area contributed by atoms with Gasteiger partial charge in [0.1, 0.15) is 0 Å². The summed E-state index contributed by atoms with van der Waals surface area (Å²) in [4.78, 5) is 0. The van der Waals surface area contributed by atoms with Gasteiger partial charge in [-0.05, 0) is 0 Å². The predicted molar refractivity (Wildman–Crippen MR) is 20.6 cm³/mol. The SMILES string of the molecule is [3H]CCCC. The van der Waals surface area contributed by atoms with Gasteiger partial charge in [0, 0.05) is 1.37 Å². The number of hydrogen-bond donors (Lipinski definition) is 0. The zero-order valence-corrected chi connectivity index (χ0v) is 3.12. The fourth-order valence-corrected chi connectivity index (χ4v) is 0. The molecule has 0 N–H and O–H groups in total. The summed E-state index contributed by atoms with van der Waals surface area (Å²) in [5, 5.41) is 0. The van der Waals surface area contributed by atoms with Crippen molar-refractivity contribution in [2.24, 2.45) is 0 Å². The van der Waals surface area contributed by atoms with Gasteiger partial charge in [-0.2, -0.15) is 0 Å². The van der Waals surface area contributed by atoms with E-state index >= 15 is 0 Å². The lowest BCUT2D eigenvalue weighted by molar-refractivity contribution is 0.886. The van der Waals surface area contributed by atoms with Crippen molar-refractivity contribution in [3.8, 4) is 0 Å². The lowest BCUT2D eigenvalue weighted by Crippen LogP contribution is -1.47. The molecule has 0 atom stereocenters. The molecular weight excluding hydrogens is 48.0 g/mol. The largest absolute Gasteiger partial charge is 0.0654 e. The monoisotopic (exact) mass is 60.1 g/mol. The van der Waals surface area contributed by atoms with Gasteiger partial charge in [-0.1, -0.05) is 26.7 Å². The summed E-state index contributed by atoms with van der Waals surface area (Å²) in [6, 6.07) is 0. The van der Waals surface area contributed by atoms with Crippen LogP contribution in [0.15, 0.2) is 0 Å². The Bertz CT molecular complexity index is 11.1. The zero-order chi connectivity index (χ0) is 4.12. The molecule has 0 bridgehead atoms. The van der Waals surface area contributed by atoms with Crippen molar-refractivity contribution in [3.63, 3.8) is 0 Å². The quantitative estimate of drug-likeness (QED) is 0.433. The molecule has 0 rings (SSSR count). The average molecular weight is 60.1 g/mol. The van der Waals surface area contributed by atoms with Gasteiger partial charge in [-0.15, -0.1) is 0 Å². The predicted octanol–water partition coefficient (Wildman–Crippen LogP) is 1.81. The molecule has 0 fully saturated rings. The summed E-state index contributed by atoms with van der Waals surface area (Å²) >= 11 is 0. The van der Waals surface area contributed by atoms with E-state index in [9.17, 15) is 0 Å². The van der Waals surface area contributed by atoms with E-state index in [2.05, 4.69) is 6.92 Å². The molecule has 26 valence electrons. The maximum atomic E-state index is 6.60. The highest BCUT2D eigenvalue weighted by Gasteiger charge is 1.56. The molecule has 0 saturated carbocycles. The first-order chi connectivity index (χ1) is 2.41. The summed E-state index contributed by atoms with van der Waals surface area (Å²) in [7, 11) is 0. The third-order valence-corrected chi connectivity index (χ3v) is 0.354. The lowest BCUT2D eigenvalue weighted by Gasteiger charge is -1.68. The summed E-state index contributed by atoms with van der Waals surface area (Å²) in [5.74, 6) is 0. The average Bonchev–Trinajstić information content (AvgIpc) is 1.41. The first-order valence-corrected chi connectivity index (χ1v) is 1.71. The Kier molecular flexibility index (Phi) is 1.69. The Labute approximate surface area is 29.2 Å². The Balaban J connectivity index is 2.19. The summed E-state index contributed by atoms with van der Waals surface area (Å²) in [5.41, 5.74) is 0. The van der Waals surface area contributed by atoms with Crippen LogP contribution in [0.25, 0.3) is 0 Å². The molecule has 0 aromatic rings. The van der Waals surface area contributed by atoms with Crippen LogP contribution in [0.4, 0.5) is 0 Å². The van der Waals surface area contributed by atoms with E-state index in [4.69, 9.17) is 1.37 Å². The van der Waals surface area contributed by atoms with Gasteiger partial charge >= 0.3 is 0 Å². The van der Waals surface area contributed by atoms with Crippen LogP contribution >= 0.6 is 0 Å². The Hall–Kier alpha value is 0. The second-order valence-corrected chi connectivity index (χ2v) is 0.854. The van der Waals surface area contributed by atoms with Gasteiger partial charge in [-0.25, -0.2) is 0 Å². The van der Waals surface area contributed by atoms with Crippen molar-refractivity contribution >= 4 is 0 Å². The molecule has 0 heterocycles. The van der Waals surface area contributed by atoms with E-state index in [1.165, 1.54) is 0 Å². The van der Waals surface area contributed by atoms with E-state index in [-0.39, 0.29) is 0 Å². The molecule has 0 nitrogen and oxygen atoms in total. The number of rotatable bonds is 1. The molecule has 0 aliphatic carbocycles. The molecular formula is C4H10. The topological polar surface area (TPSA) is 0 Å². The maximum absolute atomic E-state index is 6.60. The smallest absolute Gasteiger partial charge is 0.0230 e. The summed E-state index contributed by atoms with van der Waals surface area (Å²) in [6.07, 6.45) is 2.21. The van der Waals surface area contributed by atoms with E-state index < -0.39 is 0 Å². The first kappa shape index (κ1) is 2.25. The lowest BCUT2D eigenvalue weighted by atomic mass is 10.4. The fourth-order valence-electron chi connectivity index (χ4n) is 0. The third-order valence-electron chi connectivity index (χ3n) is 0.354. The molecule has 0 amide bonds. The molecule has 0 unspecified atom stereocenters. The van der Waals surface area contributed by atoms with Gasteiger partial charge in [0.05, 0.1) is 0 Å². The highest BCUT2D eigenvalue weighted by atomic mass is 13.6. The van der Waals surface area contributed by atoms with Crippen LogP contribution in [-0.4, -0.2) is 0 Å². The molecule has 0 spiro atoms. The number of hydrogen-bond acceptors (Lipinski definition) is 0. The second kappa shape index (κ2) is 3.00. The van der Waals surface area contributed by atoms with Crippen molar-refractivity contribution < 1.29 is 1.37 Å². The van der Waals surface area contributed by atoms with Gasteiger partial charge in [0.15, 0.2) is 0 Å². The highest BCUT2D eigenvalue weighted by molar-refractivity contribution is 4.12. The molecule has 4 heavy (non-hydrogen) atoms. The zero-order valence-electron chi connectivity index (χ0n) is 4.12. The molecule has 0 radical (unpaired) electrons. The van der Waals surface area contributed by atoms with Crippen LogP contribution in [0.2, 0.25) is 0 Å². The summed E-state index contributed by atoms with van der Waals surface area (Å²) in [6.45, 7) is 2.69. The van der Waals surface area contributed by atoms with Crippen LogP contribution in [0, 0.1) is 0 Å². The van der Waals surface area contributed by atoms with Crippen LogP contribution in [-0.2, 0) is 0 Å². The van der Waals surface area contributed by atoms with Gasteiger partial charge in [-0.3, -0.25) is 0 Å². The van der Waals surface area contributed by atoms with Gasteiger partial charge in [0.25, 0.3) is 0 Å². The fraction of sp³-hybridized carbons (Fsp3) is 1.00. The van der Waals surface area contributed by atoms with Crippen LogP contribution in [0.5, 0.6) is 0 Å². The molecule has 0 heteroatoms. The first-order valence-electron chi connectivity index (χ1n) is 2.41. The maximum Gasteiger partial charge on any atom is 0.0230 e. The summed E-state index contributed by atoms with van der Waals surface area (Å²) < 4.78 is 6.60. The minimum Gasteiger partial charge on any atom is -0.0654 e. The molecule has 0 aromatic heterocycles. The van der Waals surface area contributed by atoms with Crippen molar-refractivity contribution in [1.29, 1.82) is 0 Å². The molecule has 0 saturated heterocycles. The van der Waals surface area contributed by atoms with E-state index in [0.717, 1.165) is 12.8 Å². The van der Waals surface area contributed by atoms with Crippen LogP contribution < -0.4 is 0 Å². The standard InChI is InChI=1S/C4H10/c1-3-4-2/h3-4H2,1-2H3/i1T. The highest BCUT2D eigenvalue weighted by Crippen LogP contribution is 1.76.